The first-order chi connectivity index (χ1) is 12.7. The molecule has 0 aliphatic rings. The van der Waals surface area contributed by atoms with Crippen LogP contribution in [0.15, 0.2) is 83.7 Å². The number of hydrogen-bond donors (Lipinski definition) is 0. The molecule has 1 atom stereocenters. The Labute approximate surface area is 152 Å². The molecule has 3 aromatic carbocycles. The Balaban J connectivity index is 2.05. The molecule has 3 heteroatoms. The monoisotopic (exact) mass is 340 g/mol. The topological polar surface area (TPSA) is 34.9 Å². The zero-order valence-corrected chi connectivity index (χ0v) is 14.9. The van der Waals surface area contributed by atoms with Gasteiger partial charge in [-0.2, -0.15) is 0 Å². The fourth-order valence-corrected chi connectivity index (χ4v) is 3.48. The quantitative estimate of drug-likeness (QED) is 0.534. The number of aryl methyl sites for hydroxylation is 1. The second-order valence-corrected chi connectivity index (χ2v) is 6.54. The number of fused-ring (bicyclic) bond motifs is 1. The van der Waals surface area contributed by atoms with E-state index in [0.29, 0.717) is 5.39 Å². The minimum absolute atomic E-state index is 0.00582. The lowest BCUT2D eigenvalue weighted by Crippen LogP contribution is -2.25. The van der Waals surface area contributed by atoms with E-state index < -0.39 is 0 Å². The van der Waals surface area contributed by atoms with E-state index in [0.717, 1.165) is 17.0 Å². The van der Waals surface area contributed by atoms with Crippen molar-refractivity contribution < 1.29 is 0 Å². The largest absolute Gasteiger partial charge is 0.268 e. The van der Waals surface area contributed by atoms with Crippen molar-refractivity contribution in [3.05, 3.63) is 106 Å². The van der Waals surface area contributed by atoms with Crippen molar-refractivity contribution in [2.75, 3.05) is 0 Å². The fraction of sp³-hybridized carbons (Fsp3) is 0.130. The summed E-state index contributed by atoms with van der Waals surface area (Å²) in [5, 5.41) is 0.636. The molecule has 0 fully saturated rings. The predicted octanol–water partition coefficient (Wildman–Crippen LogP) is 4.85. The first-order valence-electron chi connectivity index (χ1n) is 8.79. The van der Waals surface area contributed by atoms with Gasteiger partial charge in [0.15, 0.2) is 0 Å². The molecule has 0 N–H and O–H groups in total. The number of benzene rings is 3. The fourth-order valence-electron chi connectivity index (χ4n) is 3.48. The molecule has 4 rings (SSSR count). The van der Waals surface area contributed by atoms with Crippen LogP contribution in [0.5, 0.6) is 0 Å². The highest BCUT2D eigenvalue weighted by molar-refractivity contribution is 5.78. The summed E-state index contributed by atoms with van der Waals surface area (Å²) in [6.07, 6.45) is 0. The molecule has 0 amide bonds. The van der Waals surface area contributed by atoms with E-state index in [-0.39, 0.29) is 11.5 Å². The smallest absolute Gasteiger partial charge is 0.265 e. The Bertz CT molecular complexity index is 1130. The van der Waals surface area contributed by atoms with Crippen molar-refractivity contribution in [1.82, 2.24) is 9.55 Å². The average molecular weight is 340 g/mol. The van der Waals surface area contributed by atoms with E-state index in [1.807, 2.05) is 66.7 Å². The van der Waals surface area contributed by atoms with Crippen molar-refractivity contribution in [1.29, 1.82) is 0 Å². The van der Waals surface area contributed by atoms with Crippen LogP contribution >= 0.6 is 0 Å². The van der Waals surface area contributed by atoms with Gasteiger partial charge in [-0.3, -0.25) is 9.36 Å². The molecule has 1 aromatic heterocycles. The third kappa shape index (κ3) is 2.72. The maximum atomic E-state index is 13.3. The first-order valence-corrected chi connectivity index (χ1v) is 8.79. The Morgan fingerprint density at radius 1 is 0.846 bits per heavy atom. The van der Waals surface area contributed by atoms with Gasteiger partial charge in [0.1, 0.15) is 5.82 Å². The zero-order valence-electron chi connectivity index (χ0n) is 14.9. The summed E-state index contributed by atoms with van der Waals surface area (Å²) in [5.41, 5.74) is 3.92. The molecule has 0 radical (unpaired) electrons. The summed E-state index contributed by atoms with van der Waals surface area (Å²) in [7, 11) is 0. The Morgan fingerprint density at radius 3 is 2.27 bits per heavy atom. The van der Waals surface area contributed by atoms with Crippen LogP contribution in [0.1, 0.15) is 29.8 Å². The summed E-state index contributed by atoms with van der Waals surface area (Å²) >= 11 is 0. The van der Waals surface area contributed by atoms with Crippen molar-refractivity contribution >= 4 is 10.9 Å². The van der Waals surface area contributed by atoms with Gasteiger partial charge < -0.3 is 0 Å². The maximum Gasteiger partial charge on any atom is 0.265 e. The second-order valence-electron chi connectivity index (χ2n) is 6.54. The van der Waals surface area contributed by atoms with Gasteiger partial charge in [-0.05, 0) is 42.3 Å². The molecule has 128 valence electrons. The van der Waals surface area contributed by atoms with Crippen LogP contribution in [0.2, 0.25) is 0 Å². The summed E-state index contributed by atoms with van der Waals surface area (Å²) in [4.78, 5) is 18.2. The van der Waals surface area contributed by atoms with Gasteiger partial charge >= 0.3 is 0 Å². The summed E-state index contributed by atoms with van der Waals surface area (Å²) in [6.45, 7) is 4.20. The molecule has 0 bridgehead atoms. The number of rotatable bonds is 3. The van der Waals surface area contributed by atoms with Gasteiger partial charge in [-0.25, -0.2) is 4.98 Å². The molecule has 0 saturated heterocycles. The minimum atomic E-state index is -0.0303. The van der Waals surface area contributed by atoms with E-state index in [1.54, 1.807) is 4.57 Å². The highest BCUT2D eigenvalue weighted by atomic mass is 16.1. The zero-order chi connectivity index (χ0) is 18.1. The first kappa shape index (κ1) is 16.3. The lowest BCUT2D eigenvalue weighted by molar-refractivity contribution is 0.750. The van der Waals surface area contributed by atoms with Crippen molar-refractivity contribution in [2.24, 2.45) is 0 Å². The molecule has 0 spiro atoms. The van der Waals surface area contributed by atoms with Gasteiger partial charge in [-0.1, -0.05) is 61.5 Å². The minimum Gasteiger partial charge on any atom is -0.268 e. The number of aromatic nitrogens is 2. The Kier molecular flexibility index (Phi) is 4.13. The standard InChI is InChI=1S/C23H20N2O/c1-16-10-6-7-13-19(16)17(2)22-24-21-15-9-8-14-20(21)23(26)25(22)18-11-4-3-5-12-18/h3-15,17H,1-2H3/t17-/m1/s1. The molecule has 26 heavy (non-hydrogen) atoms. The lowest BCUT2D eigenvalue weighted by atomic mass is 9.95. The Hall–Kier alpha value is -3.20. The van der Waals surface area contributed by atoms with Gasteiger partial charge in [0.25, 0.3) is 5.56 Å². The number of hydrogen-bond acceptors (Lipinski definition) is 2. The van der Waals surface area contributed by atoms with Gasteiger partial charge in [-0.15, -0.1) is 0 Å². The van der Waals surface area contributed by atoms with Crippen LogP contribution in [0.4, 0.5) is 0 Å². The molecule has 0 saturated carbocycles. The van der Waals surface area contributed by atoms with Crippen LogP contribution < -0.4 is 5.56 Å². The molecule has 4 aromatic rings. The second kappa shape index (κ2) is 6.60. The lowest BCUT2D eigenvalue weighted by Gasteiger charge is -2.20. The third-order valence-electron chi connectivity index (χ3n) is 4.86. The molecule has 0 aliphatic carbocycles. The molecule has 0 unspecified atom stereocenters. The normalized spacial score (nSPS) is 12.2. The van der Waals surface area contributed by atoms with Gasteiger partial charge in [0.05, 0.1) is 16.6 Å². The average Bonchev–Trinajstić information content (AvgIpc) is 2.68. The SMILES string of the molecule is Cc1ccccc1[C@@H](C)c1nc2ccccc2c(=O)n1-c1ccccc1. The van der Waals surface area contributed by atoms with Gasteiger partial charge in [0.2, 0.25) is 0 Å². The van der Waals surface area contributed by atoms with E-state index in [9.17, 15) is 4.79 Å². The number of nitrogens with zero attached hydrogens (tertiary/aromatic N) is 2. The maximum absolute atomic E-state index is 13.3. The van der Waals surface area contributed by atoms with Crippen LogP contribution in [-0.4, -0.2) is 9.55 Å². The summed E-state index contributed by atoms with van der Waals surface area (Å²) < 4.78 is 1.75. The molecule has 1 heterocycles. The van der Waals surface area contributed by atoms with Crippen LogP contribution in [0, 0.1) is 6.92 Å². The summed E-state index contributed by atoms with van der Waals surface area (Å²) in [5.74, 6) is 0.753. The summed E-state index contributed by atoms with van der Waals surface area (Å²) in [6, 6.07) is 25.5. The predicted molar refractivity (Wildman–Crippen MR) is 106 cm³/mol. The molecular formula is C23H20N2O. The van der Waals surface area contributed by atoms with Crippen LogP contribution in [-0.2, 0) is 0 Å². The highest BCUT2D eigenvalue weighted by Gasteiger charge is 2.20. The van der Waals surface area contributed by atoms with E-state index >= 15 is 0 Å². The molecular weight excluding hydrogens is 320 g/mol. The third-order valence-corrected chi connectivity index (χ3v) is 4.86. The van der Waals surface area contributed by atoms with E-state index in [1.165, 1.54) is 11.1 Å². The van der Waals surface area contributed by atoms with Crippen LogP contribution in [0.3, 0.4) is 0 Å². The van der Waals surface area contributed by atoms with E-state index in [2.05, 4.69) is 26.0 Å². The molecule has 0 aliphatic heterocycles. The molecule has 3 nitrogen and oxygen atoms in total. The Morgan fingerprint density at radius 2 is 1.50 bits per heavy atom. The van der Waals surface area contributed by atoms with Crippen molar-refractivity contribution in [2.45, 2.75) is 19.8 Å². The van der Waals surface area contributed by atoms with Crippen molar-refractivity contribution in [3.63, 3.8) is 0 Å². The van der Waals surface area contributed by atoms with Crippen molar-refractivity contribution in [3.8, 4) is 5.69 Å². The van der Waals surface area contributed by atoms with E-state index in [4.69, 9.17) is 4.98 Å². The van der Waals surface area contributed by atoms with Crippen LogP contribution in [0.25, 0.3) is 16.6 Å². The number of para-hydroxylation sites is 2. The highest BCUT2D eigenvalue weighted by Crippen LogP contribution is 2.27. The van der Waals surface area contributed by atoms with Gasteiger partial charge in [0, 0.05) is 5.92 Å².